The molecule has 0 radical (unpaired) electrons. The first-order chi connectivity index (χ1) is 6.05. The van der Waals surface area contributed by atoms with E-state index in [2.05, 4.69) is 0 Å². The maximum Gasteiger partial charge on any atom is 1.00 e. The van der Waals surface area contributed by atoms with Gasteiger partial charge in [-0.3, -0.25) is 0 Å². The Hall–Kier alpha value is 0.275. The summed E-state index contributed by atoms with van der Waals surface area (Å²) in [5, 5.41) is 22.9. The third-order valence-corrected chi connectivity index (χ3v) is 1.86. The molecule has 0 aliphatic rings. The van der Waals surface area contributed by atoms with E-state index in [0.717, 1.165) is 0 Å². The SMILES string of the molecule is CC(C)(C)/C([O-])=C/C=C(\[O-])C(C)(C)C.[Li+].[Li+]. The van der Waals surface area contributed by atoms with Crippen LogP contribution in [0.15, 0.2) is 23.7 Å². The van der Waals surface area contributed by atoms with Crippen LogP contribution in [0.3, 0.4) is 0 Å². The van der Waals surface area contributed by atoms with Crippen LogP contribution in [0.4, 0.5) is 0 Å². The predicted octanol–water partition coefficient (Wildman–Crippen LogP) is -4.42. The minimum Gasteiger partial charge on any atom is -0.875 e. The maximum atomic E-state index is 11.5. The second kappa shape index (κ2) is 7.57. The van der Waals surface area contributed by atoms with Crippen molar-refractivity contribution in [2.24, 2.45) is 10.8 Å². The molecule has 0 bridgehead atoms. The summed E-state index contributed by atoms with van der Waals surface area (Å²) in [6, 6.07) is 0. The summed E-state index contributed by atoms with van der Waals surface area (Å²) in [5.74, 6) is -0.0369. The molecule has 0 unspecified atom stereocenters. The molecule has 0 aromatic heterocycles. The van der Waals surface area contributed by atoms with Crippen LogP contribution in [0.1, 0.15) is 41.5 Å². The van der Waals surface area contributed by atoms with E-state index in [1.165, 1.54) is 12.2 Å². The maximum absolute atomic E-state index is 11.5. The van der Waals surface area contributed by atoms with Crippen molar-refractivity contribution >= 4 is 0 Å². The van der Waals surface area contributed by atoms with E-state index >= 15 is 0 Å². The van der Waals surface area contributed by atoms with Gasteiger partial charge in [-0.15, -0.1) is 11.5 Å². The van der Waals surface area contributed by atoms with Crippen molar-refractivity contribution in [3.05, 3.63) is 23.7 Å². The van der Waals surface area contributed by atoms with E-state index in [4.69, 9.17) is 0 Å². The van der Waals surface area contributed by atoms with Crippen molar-refractivity contribution in [2.75, 3.05) is 0 Å². The van der Waals surface area contributed by atoms with Gasteiger partial charge in [-0.1, -0.05) is 53.7 Å². The largest absolute Gasteiger partial charge is 1.00 e. The van der Waals surface area contributed by atoms with Crippen molar-refractivity contribution in [3.8, 4) is 0 Å². The average molecular weight is 210 g/mol. The van der Waals surface area contributed by atoms with Gasteiger partial charge >= 0.3 is 37.7 Å². The molecular formula is C12H20Li2O2. The molecule has 0 aromatic rings. The van der Waals surface area contributed by atoms with Crippen molar-refractivity contribution in [1.29, 1.82) is 0 Å². The first-order valence-electron chi connectivity index (χ1n) is 4.82. The van der Waals surface area contributed by atoms with Crippen LogP contribution in [-0.2, 0) is 0 Å². The van der Waals surface area contributed by atoms with Crippen molar-refractivity contribution < 1.29 is 47.9 Å². The third kappa shape index (κ3) is 8.43. The molecule has 16 heavy (non-hydrogen) atoms. The molecule has 0 rings (SSSR count). The predicted molar refractivity (Wildman–Crippen MR) is 55.1 cm³/mol. The summed E-state index contributed by atoms with van der Waals surface area (Å²) in [6.45, 7) is 11.0. The average Bonchev–Trinajstić information content (AvgIpc) is 1.95. The summed E-state index contributed by atoms with van der Waals surface area (Å²) in [4.78, 5) is 0. The molecule has 0 saturated heterocycles. The fourth-order valence-corrected chi connectivity index (χ4v) is 0.651. The normalized spacial score (nSPS) is 13.9. The molecule has 0 saturated carbocycles. The van der Waals surface area contributed by atoms with Crippen LogP contribution in [0.5, 0.6) is 0 Å². The Morgan fingerprint density at radius 1 is 0.688 bits per heavy atom. The number of hydrogen-bond acceptors (Lipinski definition) is 2. The van der Waals surface area contributed by atoms with E-state index in [-0.39, 0.29) is 49.2 Å². The summed E-state index contributed by atoms with van der Waals surface area (Å²) >= 11 is 0. The summed E-state index contributed by atoms with van der Waals surface area (Å²) in [7, 11) is 0. The van der Waals surface area contributed by atoms with Crippen LogP contribution in [0.25, 0.3) is 0 Å². The third-order valence-electron chi connectivity index (χ3n) is 1.86. The van der Waals surface area contributed by atoms with Gasteiger partial charge in [0.15, 0.2) is 0 Å². The zero-order chi connectivity index (χ0) is 11.6. The fraction of sp³-hybridized carbons (Fsp3) is 0.667. The van der Waals surface area contributed by atoms with Gasteiger partial charge in [0, 0.05) is 0 Å². The van der Waals surface area contributed by atoms with Gasteiger partial charge in [-0.05, 0) is 10.8 Å². The van der Waals surface area contributed by atoms with Crippen molar-refractivity contribution in [3.63, 3.8) is 0 Å². The molecule has 2 nitrogen and oxygen atoms in total. The Kier molecular flexibility index (Phi) is 10.2. The Labute approximate surface area is 124 Å². The van der Waals surface area contributed by atoms with Gasteiger partial charge in [-0.25, -0.2) is 0 Å². The van der Waals surface area contributed by atoms with Gasteiger partial charge in [-0.2, -0.15) is 0 Å². The minimum atomic E-state index is -0.408. The van der Waals surface area contributed by atoms with Crippen molar-refractivity contribution in [1.82, 2.24) is 0 Å². The second-order valence-corrected chi connectivity index (χ2v) is 5.56. The molecule has 4 heteroatoms. The number of rotatable bonds is 1. The van der Waals surface area contributed by atoms with Crippen LogP contribution in [0.2, 0.25) is 0 Å². The summed E-state index contributed by atoms with van der Waals surface area (Å²) in [6.07, 6.45) is 2.77. The van der Waals surface area contributed by atoms with Crippen LogP contribution < -0.4 is 47.9 Å². The van der Waals surface area contributed by atoms with E-state index < -0.39 is 10.8 Å². The van der Waals surface area contributed by atoms with Gasteiger partial charge in [0.25, 0.3) is 0 Å². The van der Waals surface area contributed by atoms with E-state index in [1.807, 2.05) is 41.5 Å². The first kappa shape index (κ1) is 21.5. The monoisotopic (exact) mass is 210 g/mol. The standard InChI is InChI=1S/C12H22O2.2Li/c1-11(2,3)9(13)7-8-10(14)12(4,5)6;;/h7-8,13-14H,1-6H3;;/q;2*+1/p-2/b9-7-,10-8-;;. The van der Waals surface area contributed by atoms with Crippen LogP contribution in [0, 0.1) is 10.8 Å². The molecular weight excluding hydrogens is 190 g/mol. The molecule has 0 aliphatic carbocycles. The molecule has 0 heterocycles. The Morgan fingerprint density at radius 3 is 1.00 bits per heavy atom. The molecule has 0 atom stereocenters. The van der Waals surface area contributed by atoms with Crippen LogP contribution >= 0.6 is 0 Å². The summed E-state index contributed by atoms with van der Waals surface area (Å²) < 4.78 is 0. The van der Waals surface area contributed by atoms with E-state index in [9.17, 15) is 10.2 Å². The Balaban J connectivity index is -0.000000845. The molecule has 0 fully saturated rings. The molecule has 82 valence electrons. The van der Waals surface area contributed by atoms with Crippen molar-refractivity contribution in [2.45, 2.75) is 41.5 Å². The number of allylic oxidation sites excluding steroid dienone is 4. The van der Waals surface area contributed by atoms with Gasteiger partial charge in [0.1, 0.15) is 0 Å². The molecule has 0 spiro atoms. The van der Waals surface area contributed by atoms with Crippen LogP contribution in [-0.4, -0.2) is 0 Å². The zero-order valence-corrected chi connectivity index (χ0v) is 12.0. The van der Waals surface area contributed by atoms with Gasteiger partial charge < -0.3 is 10.2 Å². The first-order valence-corrected chi connectivity index (χ1v) is 4.82. The minimum absolute atomic E-state index is 0. The molecule has 0 amide bonds. The zero-order valence-electron chi connectivity index (χ0n) is 12.0. The van der Waals surface area contributed by atoms with E-state index in [0.29, 0.717) is 0 Å². The molecule has 0 aromatic carbocycles. The molecule has 0 N–H and O–H groups in total. The Bertz CT molecular complexity index is 227. The summed E-state index contributed by atoms with van der Waals surface area (Å²) in [5.41, 5.74) is -0.816. The fourth-order valence-electron chi connectivity index (χ4n) is 0.651. The number of hydrogen-bond donors (Lipinski definition) is 0. The molecule has 0 aliphatic heterocycles. The van der Waals surface area contributed by atoms with E-state index in [1.54, 1.807) is 0 Å². The quantitative estimate of drug-likeness (QED) is 0.249. The van der Waals surface area contributed by atoms with Gasteiger partial charge in [0.05, 0.1) is 0 Å². The topological polar surface area (TPSA) is 46.1 Å². The second-order valence-electron chi connectivity index (χ2n) is 5.56. The smallest absolute Gasteiger partial charge is 0.875 e. The van der Waals surface area contributed by atoms with Gasteiger partial charge in [0.2, 0.25) is 0 Å². The Morgan fingerprint density at radius 2 is 0.875 bits per heavy atom.